The lowest BCUT2D eigenvalue weighted by molar-refractivity contribution is 0.813. The Morgan fingerprint density at radius 2 is 1.81 bits per heavy atom. The summed E-state index contributed by atoms with van der Waals surface area (Å²) in [4.78, 5) is 9.81. The van der Waals surface area contributed by atoms with Gasteiger partial charge in [0.2, 0.25) is 5.95 Å². The van der Waals surface area contributed by atoms with Crippen LogP contribution in [0.4, 0.5) is 5.95 Å². The van der Waals surface area contributed by atoms with Crippen molar-refractivity contribution in [1.82, 2.24) is 19.9 Å². The summed E-state index contributed by atoms with van der Waals surface area (Å²) in [6, 6.07) is 9.71. The van der Waals surface area contributed by atoms with Crippen LogP contribution in [0.2, 0.25) is 0 Å². The third-order valence-electron chi connectivity index (χ3n) is 2.25. The standard InChI is InChI=1S/C11H9N5/c1-2-5-10-9(4-1)8-14-16(10)15-11-12-6-3-7-13-11/h1-8H,(H,12,13,15). The van der Waals surface area contributed by atoms with E-state index < -0.39 is 0 Å². The van der Waals surface area contributed by atoms with Gasteiger partial charge in [-0.1, -0.05) is 18.2 Å². The van der Waals surface area contributed by atoms with E-state index in [1.807, 2.05) is 24.3 Å². The van der Waals surface area contributed by atoms with Gasteiger partial charge >= 0.3 is 0 Å². The summed E-state index contributed by atoms with van der Waals surface area (Å²) in [5.41, 5.74) is 4.01. The highest BCUT2D eigenvalue weighted by Crippen LogP contribution is 2.12. The van der Waals surface area contributed by atoms with E-state index in [4.69, 9.17) is 0 Å². The number of aromatic nitrogens is 4. The van der Waals surface area contributed by atoms with Gasteiger partial charge in [-0.25, -0.2) is 15.4 Å². The van der Waals surface area contributed by atoms with Crippen LogP contribution in [-0.4, -0.2) is 19.9 Å². The molecular formula is C11H9N5. The van der Waals surface area contributed by atoms with Crippen LogP contribution in [0.1, 0.15) is 0 Å². The van der Waals surface area contributed by atoms with Gasteiger partial charge in [0, 0.05) is 17.8 Å². The largest absolute Gasteiger partial charge is 0.245 e. The highest BCUT2D eigenvalue weighted by molar-refractivity contribution is 5.78. The van der Waals surface area contributed by atoms with Crippen molar-refractivity contribution in [2.75, 3.05) is 5.43 Å². The minimum atomic E-state index is 0.524. The minimum absolute atomic E-state index is 0.524. The fraction of sp³-hybridized carbons (Fsp3) is 0. The Balaban J connectivity index is 2.01. The second-order valence-electron chi connectivity index (χ2n) is 3.30. The zero-order valence-corrected chi connectivity index (χ0v) is 8.41. The van der Waals surface area contributed by atoms with Crippen LogP contribution in [-0.2, 0) is 0 Å². The second kappa shape index (κ2) is 3.62. The molecule has 16 heavy (non-hydrogen) atoms. The van der Waals surface area contributed by atoms with Crippen molar-refractivity contribution in [1.29, 1.82) is 0 Å². The predicted molar refractivity (Wildman–Crippen MR) is 60.8 cm³/mol. The van der Waals surface area contributed by atoms with Gasteiger partial charge in [0.25, 0.3) is 0 Å². The Morgan fingerprint density at radius 3 is 2.69 bits per heavy atom. The lowest BCUT2D eigenvalue weighted by Crippen LogP contribution is -2.12. The molecule has 2 heterocycles. The molecule has 0 aliphatic carbocycles. The smallest absolute Gasteiger partial charge is 0.243 e. The molecule has 0 aliphatic rings. The first-order chi connectivity index (χ1) is 7.93. The molecule has 2 aromatic heterocycles. The number of nitrogens with zero attached hydrogens (tertiary/aromatic N) is 4. The van der Waals surface area contributed by atoms with Crippen molar-refractivity contribution in [2.24, 2.45) is 0 Å². The molecule has 0 amide bonds. The topological polar surface area (TPSA) is 55.6 Å². The van der Waals surface area contributed by atoms with Crippen molar-refractivity contribution in [3.8, 4) is 0 Å². The molecule has 78 valence electrons. The van der Waals surface area contributed by atoms with Crippen LogP contribution in [0.3, 0.4) is 0 Å². The van der Waals surface area contributed by atoms with E-state index in [0.29, 0.717) is 5.95 Å². The van der Waals surface area contributed by atoms with Crippen LogP contribution in [0, 0.1) is 0 Å². The van der Waals surface area contributed by atoms with Crippen LogP contribution < -0.4 is 5.43 Å². The maximum Gasteiger partial charge on any atom is 0.243 e. The Kier molecular flexibility index (Phi) is 2.00. The van der Waals surface area contributed by atoms with Crippen LogP contribution >= 0.6 is 0 Å². The molecule has 1 N–H and O–H groups in total. The molecular weight excluding hydrogens is 202 g/mol. The summed E-state index contributed by atoms with van der Waals surface area (Å²) in [6.45, 7) is 0. The van der Waals surface area contributed by atoms with E-state index in [1.165, 1.54) is 0 Å². The Hall–Kier alpha value is -2.43. The predicted octanol–water partition coefficient (Wildman–Crippen LogP) is 1.70. The summed E-state index contributed by atoms with van der Waals surface area (Å²) in [5, 5.41) is 5.29. The third kappa shape index (κ3) is 1.48. The number of anilines is 1. The fourth-order valence-corrected chi connectivity index (χ4v) is 1.51. The molecule has 0 bridgehead atoms. The van der Waals surface area contributed by atoms with Crippen LogP contribution in [0.15, 0.2) is 48.9 Å². The molecule has 0 aliphatic heterocycles. The van der Waals surface area contributed by atoms with Crippen LogP contribution in [0.25, 0.3) is 10.9 Å². The molecule has 1 aromatic carbocycles. The van der Waals surface area contributed by atoms with Crippen molar-refractivity contribution in [2.45, 2.75) is 0 Å². The molecule has 5 heteroatoms. The second-order valence-corrected chi connectivity index (χ2v) is 3.30. The number of rotatable bonds is 2. The number of hydrogen-bond donors (Lipinski definition) is 1. The van der Waals surface area contributed by atoms with E-state index in [-0.39, 0.29) is 0 Å². The van der Waals surface area contributed by atoms with Gasteiger partial charge in [0.15, 0.2) is 0 Å². The summed E-state index contributed by atoms with van der Waals surface area (Å²) in [5.74, 6) is 0.524. The molecule has 5 nitrogen and oxygen atoms in total. The summed E-state index contributed by atoms with van der Waals surface area (Å²) < 4.78 is 0. The molecule has 0 unspecified atom stereocenters. The molecule has 3 aromatic rings. The number of nitrogens with one attached hydrogen (secondary N) is 1. The first-order valence-electron chi connectivity index (χ1n) is 4.90. The SMILES string of the molecule is c1cnc(Nn2ncc3ccccc32)nc1. The van der Waals surface area contributed by atoms with Crippen molar-refractivity contribution in [3.63, 3.8) is 0 Å². The monoisotopic (exact) mass is 211 g/mol. The van der Waals surface area contributed by atoms with Gasteiger partial charge in [-0.3, -0.25) is 0 Å². The van der Waals surface area contributed by atoms with Crippen molar-refractivity contribution >= 4 is 16.9 Å². The highest BCUT2D eigenvalue weighted by atomic mass is 15.6. The Labute approximate surface area is 91.7 Å². The molecule has 0 atom stereocenters. The molecule has 0 spiro atoms. The van der Waals surface area contributed by atoms with Gasteiger partial charge in [0.05, 0.1) is 11.7 Å². The van der Waals surface area contributed by atoms with E-state index in [9.17, 15) is 0 Å². The normalized spacial score (nSPS) is 10.5. The first kappa shape index (κ1) is 8.84. The number of hydrogen-bond acceptors (Lipinski definition) is 4. The number of benzene rings is 1. The summed E-state index contributed by atoms with van der Waals surface area (Å²) in [6.07, 6.45) is 5.16. The van der Waals surface area contributed by atoms with Gasteiger partial charge in [-0.2, -0.15) is 9.89 Å². The van der Waals surface area contributed by atoms with Gasteiger partial charge in [-0.15, -0.1) is 0 Å². The maximum absolute atomic E-state index is 4.22. The zero-order valence-electron chi connectivity index (χ0n) is 8.41. The van der Waals surface area contributed by atoms with Crippen molar-refractivity contribution in [3.05, 3.63) is 48.9 Å². The number of fused-ring (bicyclic) bond motifs is 1. The molecule has 0 radical (unpaired) electrons. The summed E-state index contributed by atoms with van der Waals surface area (Å²) >= 11 is 0. The quantitative estimate of drug-likeness (QED) is 0.701. The average molecular weight is 211 g/mol. The number of para-hydroxylation sites is 1. The fourth-order valence-electron chi connectivity index (χ4n) is 1.51. The van der Waals surface area contributed by atoms with E-state index in [1.54, 1.807) is 29.4 Å². The average Bonchev–Trinajstić information content (AvgIpc) is 2.74. The van der Waals surface area contributed by atoms with Gasteiger partial charge in [-0.05, 0) is 12.1 Å². The van der Waals surface area contributed by atoms with Crippen LogP contribution in [0.5, 0.6) is 0 Å². The zero-order chi connectivity index (χ0) is 10.8. The molecule has 0 fully saturated rings. The lowest BCUT2D eigenvalue weighted by Gasteiger charge is -2.04. The first-order valence-corrected chi connectivity index (χ1v) is 4.90. The molecule has 0 saturated heterocycles. The molecule has 3 rings (SSSR count). The highest BCUT2D eigenvalue weighted by Gasteiger charge is 2.01. The minimum Gasteiger partial charge on any atom is -0.245 e. The Bertz CT molecular complexity index is 602. The van der Waals surface area contributed by atoms with Crippen molar-refractivity contribution < 1.29 is 0 Å². The Morgan fingerprint density at radius 1 is 1.00 bits per heavy atom. The van der Waals surface area contributed by atoms with Gasteiger partial charge < -0.3 is 0 Å². The lowest BCUT2D eigenvalue weighted by atomic mass is 10.3. The van der Waals surface area contributed by atoms with Gasteiger partial charge in [0.1, 0.15) is 0 Å². The third-order valence-corrected chi connectivity index (χ3v) is 2.25. The van der Waals surface area contributed by atoms with E-state index >= 15 is 0 Å². The van der Waals surface area contributed by atoms with E-state index in [0.717, 1.165) is 10.9 Å². The summed E-state index contributed by atoms with van der Waals surface area (Å²) in [7, 11) is 0. The molecule has 0 saturated carbocycles. The van der Waals surface area contributed by atoms with E-state index in [2.05, 4.69) is 20.5 Å². The maximum atomic E-state index is 4.22.